The second kappa shape index (κ2) is 16.2. The van der Waals surface area contributed by atoms with Gasteiger partial charge in [-0.05, 0) is 73.9 Å². The number of hydrogen-bond acceptors (Lipinski definition) is 9. The van der Waals surface area contributed by atoms with Crippen LogP contribution in [0.4, 0.5) is 8.78 Å². The number of nitrogens with zero attached hydrogens (tertiary/aromatic N) is 2. The molecule has 0 aliphatic heterocycles. The summed E-state index contributed by atoms with van der Waals surface area (Å²) in [7, 11) is 0. The summed E-state index contributed by atoms with van der Waals surface area (Å²) in [6, 6.07) is 16.1. The van der Waals surface area contributed by atoms with Gasteiger partial charge in [0.2, 0.25) is 11.8 Å². The smallest absolute Gasteiger partial charge is 0.341 e. The number of hydrogen-bond donors (Lipinski definition) is 3. The van der Waals surface area contributed by atoms with Crippen LogP contribution in [0.1, 0.15) is 46.4 Å². The molecule has 0 unspecified atom stereocenters. The van der Waals surface area contributed by atoms with Gasteiger partial charge in [0.05, 0.1) is 24.5 Å². The summed E-state index contributed by atoms with van der Waals surface area (Å²) in [6.07, 6.45) is 8.43. The highest BCUT2D eigenvalue weighted by molar-refractivity contribution is 7.98. The quantitative estimate of drug-likeness (QED) is 0.159. The van der Waals surface area contributed by atoms with Crippen LogP contribution >= 0.6 is 23.5 Å². The molecule has 1 aliphatic carbocycles. The average Bonchev–Trinajstić information content (AvgIpc) is 3.04. The molecular weight excluding hydrogens is 624 g/mol. The predicted molar refractivity (Wildman–Crippen MR) is 168 cm³/mol. The predicted octanol–water partition coefficient (Wildman–Crippen LogP) is 7.20. The minimum Gasteiger partial charge on any atom is -0.477 e. The molecule has 3 N–H and O–H groups in total. The second-order valence-electron chi connectivity index (χ2n) is 9.81. The van der Waals surface area contributed by atoms with E-state index in [1.165, 1.54) is 11.8 Å². The SMILES string of the molecule is CSc1cccc(Oc2ncc(F)cc2C(=O)N[C@@H]2CCCC[C@@H]2O)c1.CSc1cccc(Oc2ncc(F)cc2C(=O)O)c1. The number of thioether (sulfide) groups is 2. The Balaban J connectivity index is 0.000000215. The number of ether oxygens (including phenoxy) is 2. The van der Waals surface area contributed by atoms with Crippen LogP contribution in [0.2, 0.25) is 0 Å². The third-order valence-corrected chi connectivity index (χ3v) is 8.12. The molecule has 0 saturated heterocycles. The van der Waals surface area contributed by atoms with Crippen LogP contribution in [-0.4, -0.2) is 56.7 Å². The van der Waals surface area contributed by atoms with Crippen molar-refractivity contribution < 1.29 is 38.1 Å². The highest BCUT2D eigenvalue weighted by atomic mass is 32.2. The third-order valence-electron chi connectivity index (χ3n) is 6.67. The fraction of sp³-hybridized carbons (Fsp3) is 0.250. The van der Waals surface area contributed by atoms with E-state index >= 15 is 0 Å². The number of nitrogens with one attached hydrogen (secondary N) is 1. The number of rotatable bonds is 9. The fourth-order valence-electron chi connectivity index (χ4n) is 4.41. The van der Waals surface area contributed by atoms with Crippen LogP contribution in [0.3, 0.4) is 0 Å². The Kier molecular flexibility index (Phi) is 12.1. The van der Waals surface area contributed by atoms with E-state index < -0.39 is 29.6 Å². The molecule has 0 bridgehead atoms. The summed E-state index contributed by atoms with van der Waals surface area (Å²) in [6.45, 7) is 0. The van der Waals surface area contributed by atoms with Crippen molar-refractivity contribution in [3.8, 4) is 23.3 Å². The number of aromatic carboxylic acids is 1. The number of carboxylic acid groups (broad SMARTS) is 1. The molecule has 236 valence electrons. The van der Waals surface area contributed by atoms with E-state index in [1.807, 2.05) is 36.8 Å². The molecule has 0 spiro atoms. The van der Waals surface area contributed by atoms with Crippen LogP contribution in [-0.2, 0) is 0 Å². The summed E-state index contributed by atoms with van der Waals surface area (Å²) >= 11 is 3.09. The van der Waals surface area contributed by atoms with Gasteiger partial charge >= 0.3 is 5.97 Å². The Hall–Kier alpha value is -4.20. The first-order chi connectivity index (χ1) is 21.7. The van der Waals surface area contributed by atoms with Gasteiger partial charge in [-0.15, -0.1) is 23.5 Å². The average molecular weight is 656 g/mol. The number of pyridine rings is 2. The molecule has 2 aromatic heterocycles. The van der Waals surface area contributed by atoms with Gasteiger partial charge < -0.3 is 25.0 Å². The van der Waals surface area contributed by atoms with Crippen LogP contribution in [0.25, 0.3) is 0 Å². The normalized spacial score (nSPS) is 15.8. The molecule has 13 heteroatoms. The molecule has 9 nitrogen and oxygen atoms in total. The number of halogens is 2. The van der Waals surface area contributed by atoms with Crippen LogP contribution in [0, 0.1) is 11.6 Å². The zero-order chi connectivity index (χ0) is 32.3. The van der Waals surface area contributed by atoms with Crippen molar-refractivity contribution in [3.05, 3.63) is 95.8 Å². The van der Waals surface area contributed by atoms with Gasteiger partial charge in [-0.3, -0.25) is 4.79 Å². The number of aliphatic hydroxyl groups excluding tert-OH is 1. The molecule has 5 rings (SSSR count). The van der Waals surface area contributed by atoms with Crippen LogP contribution in [0.5, 0.6) is 23.3 Å². The largest absolute Gasteiger partial charge is 0.477 e. The highest BCUT2D eigenvalue weighted by Gasteiger charge is 2.26. The molecular formula is C32H31F2N3O6S2. The molecule has 2 heterocycles. The van der Waals surface area contributed by atoms with E-state index in [4.69, 9.17) is 14.6 Å². The number of aliphatic hydroxyl groups is 1. The zero-order valence-corrected chi connectivity index (χ0v) is 26.0. The van der Waals surface area contributed by atoms with Crippen molar-refractivity contribution in [1.82, 2.24) is 15.3 Å². The summed E-state index contributed by atoms with van der Waals surface area (Å²) in [5.74, 6) is -2.26. The van der Waals surface area contributed by atoms with Crippen molar-refractivity contribution in [2.45, 2.75) is 47.6 Å². The monoisotopic (exact) mass is 655 g/mol. The van der Waals surface area contributed by atoms with Gasteiger partial charge in [0.15, 0.2) is 0 Å². The fourth-order valence-corrected chi connectivity index (χ4v) is 5.31. The first-order valence-corrected chi connectivity index (χ1v) is 16.3. The number of carbonyl (C=O) groups is 2. The standard InChI is InChI=1S/C19H21FN2O3S.C13H10FNO3S/c1-26-14-6-4-5-13(10-14)25-19-15(9-12(20)11-21-19)18(24)22-16-7-2-3-8-17(16)23;1-19-10-4-2-3-9(6-10)18-12-11(13(16)17)5-8(14)7-15-12/h4-6,9-11,16-17,23H,2-3,7-8H2,1H3,(H,22,24);2-7H,1H3,(H,16,17)/t16-,17+;/m1./s1. The van der Waals surface area contributed by atoms with E-state index in [-0.39, 0.29) is 28.9 Å². The number of carboxylic acids is 1. The molecule has 2 atom stereocenters. The minimum absolute atomic E-state index is 0.0114. The maximum absolute atomic E-state index is 13.7. The van der Waals surface area contributed by atoms with Gasteiger partial charge in [0.25, 0.3) is 5.91 Å². The summed E-state index contributed by atoms with van der Waals surface area (Å²) in [5.41, 5.74) is -0.299. The molecule has 1 fully saturated rings. The Morgan fingerprint density at radius 3 is 1.84 bits per heavy atom. The summed E-state index contributed by atoms with van der Waals surface area (Å²) in [5, 5.41) is 21.8. The molecule has 1 amide bonds. The maximum Gasteiger partial charge on any atom is 0.341 e. The maximum atomic E-state index is 13.7. The first-order valence-electron chi connectivity index (χ1n) is 13.8. The highest BCUT2D eigenvalue weighted by Crippen LogP contribution is 2.29. The Morgan fingerprint density at radius 1 is 0.822 bits per heavy atom. The molecule has 45 heavy (non-hydrogen) atoms. The van der Waals surface area contributed by atoms with E-state index in [9.17, 15) is 23.5 Å². The summed E-state index contributed by atoms with van der Waals surface area (Å²) < 4.78 is 37.8. The van der Waals surface area contributed by atoms with Gasteiger partial charge in [-0.25, -0.2) is 23.5 Å². The van der Waals surface area contributed by atoms with Gasteiger partial charge in [0.1, 0.15) is 34.3 Å². The van der Waals surface area contributed by atoms with Crippen LogP contribution in [0.15, 0.2) is 82.8 Å². The van der Waals surface area contributed by atoms with E-state index in [0.717, 1.165) is 47.2 Å². The Labute approximate surface area is 267 Å². The molecule has 1 aliphatic rings. The van der Waals surface area contributed by atoms with Crippen molar-refractivity contribution in [2.24, 2.45) is 0 Å². The van der Waals surface area contributed by atoms with Gasteiger partial charge in [-0.1, -0.05) is 25.0 Å². The van der Waals surface area contributed by atoms with Gasteiger partial charge in [0, 0.05) is 9.79 Å². The Morgan fingerprint density at radius 2 is 1.33 bits per heavy atom. The lowest BCUT2D eigenvalue weighted by atomic mass is 9.92. The van der Waals surface area contributed by atoms with Crippen molar-refractivity contribution >= 4 is 35.4 Å². The topological polar surface area (TPSA) is 131 Å². The minimum atomic E-state index is -1.29. The van der Waals surface area contributed by atoms with Crippen LogP contribution < -0.4 is 14.8 Å². The number of benzene rings is 2. The molecule has 2 aromatic carbocycles. The van der Waals surface area contributed by atoms with E-state index in [0.29, 0.717) is 24.3 Å². The van der Waals surface area contributed by atoms with Crippen molar-refractivity contribution in [2.75, 3.05) is 12.5 Å². The lowest BCUT2D eigenvalue weighted by Crippen LogP contribution is -2.45. The lowest BCUT2D eigenvalue weighted by molar-refractivity contribution is 0.0691. The van der Waals surface area contributed by atoms with E-state index in [2.05, 4.69) is 15.3 Å². The molecule has 0 radical (unpaired) electrons. The second-order valence-corrected chi connectivity index (χ2v) is 11.6. The first kappa shape index (κ1) is 33.7. The van der Waals surface area contributed by atoms with Crippen molar-refractivity contribution in [3.63, 3.8) is 0 Å². The summed E-state index contributed by atoms with van der Waals surface area (Å²) in [4.78, 5) is 33.2. The molecule has 1 saturated carbocycles. The lowest BCUT2D eigenvalue weighted by Gasteiger charge is -2.28. The number of amides is 1. The third kappa shape index (κ3) is 9.64. The Bertz CT molecular complexity index is 1640. The number of carbonyl (C=O) groups excluding carboxylic acids is 1. The zero-order valence-electron chi connectivity index (χ0n) is 24.4. The molecule has 4 aromatic rings. The van der Waals surface area contributed by atoms with E-state index in [1.54, 1.807) is 36.0 Å². The number of aromatic nitrogens is 2. The van der Waals surface area contributed by atoms with Gasteiger partial charge in [-0.2, -0.15) is 0 Å². The van der Waals surface area contributed by atoms with Crippen molar-refractivity contribution in [1.29, 1.82) is 0 Å².